The lowest BCUT2D eigenvalue weighted by atomic mass is 10.0. The maximum atomic E-state index is 13.2. The zero-order valence-electron chi connectivity index (χ0n) is 23.4. The molecule has 228 valence electrons. The molecule has 3 aromatic carbocycles. The van der Waals surface area contributed by atoms with E-state index in [2.05, 4.69) is 16.0 Å². The standard InChI is InChI=1S/C30H29ClF3N3O6/c1-29(2,3)43-28(41)19-9-12-21(13-10-19)35-25(38)23(15-18-7-5-4-6-8-18)37-27(40)26(39)36-22-16-20(31)11-14-24(22)42-17-30(32,33)34/h4-14,16,23H,15,17H2,1-3H3,(H,35,38)(H,36,39)(H,37,40)/t23-/m0/s1. The first-order valence-electron chi connectivity index (χ1n) is 12.9. The molecule has 3 amide bonds. The molecule has 0 saturated carbocycles. The quantitative estimate of drug-likeness (QED) is 0.214. The van der Waals surface area contributed by atoms with Gasteiger partial charge in [-0.25, -0.2) is 4.79 Å². The fraction of sp³-hybridized carbons (Fsp3) is 0.267. The van der Waals surface area contributed by atoms with E-state index in [1.807, 2.05) is 0 Å². The van der Waals surface area contributed by atoms with E-state index in [1.165, 1.54) is 30.3 Å². The smallest absolute Gasteiger partial charge is 0.422 e. The Labute approximate surface area is 250 Å². The van der Waals surface area contributed by atoms with Crippen LogP contribution >= 0.6 is 11.6 Å². The minimum Gasteiger partial charge on any atom is -0.482 e. The first kappa shape index (κ1) is 32.9. The number of hydrogen-bond donors (Lipinski definition) is 3. The number of alkyl halides is 3. The van der Waals surface area contributed by atoms with E-state index in [9.17, 15) is 32.3 Å². The van der Waals surface area contributed by atoms with E-state index >= 15 is 0 Å². The topological polar surface area (TPSA) is 123 Å². The molecule has 0 spiro atoms. The highest BCUT2D eigenvalue weighted by atomic mass is 35.5. The Morgan fingerprint density at radius 1 is 0.860 bits per heavy atom. The number of anilines is 2. The predicted octanol–water partition coefficient (Wildman–Crippen LogP) is 5.54. The molecule has 0 aliphatic heterocycles. The van der Waals surface area contributed by atoms with Crippen molar-refractivity contribution in [2.75, 3.05) is 17.2 Å². The molecule has 0 saturated heterocycles. The van der Waals surface area contributed by atoms with Crippen molar-refractivity contribution in [2.24, 2.45) is 0 Å². The van der Waals surface area contributed by atoms with E-state index in [1.54, 1.807) is 51.1 Å². The van der Waals surface area contributed by atoms with Crippen LogP contribution in [0.3, 0.4) is 0 Å². The number of benzene rings is 3. The van der Waals surface area contributed by atoms with Gasteiger partial charge in [0, 0.05) is 17.1 Å². The van der Waals surface area contributed by atoms with Gasteiger partial charge in [-0.1, -0.05) is 41.9 Å². The van der Waals surface area contributed by atoms with Gasteiger partial charge < -0.3 is 25.4 Å². The monoisotopic (exact) mass is 619 g/mol. The molecule has 0 heterocycles. The van der Waals surface area contributed by atoms with Crippen molar-refractivity contribution < 1.29 is 41.8 Å². The summed E-state index contributed by atoms with van der Waals surface area (Å²) in [6, 6.07) is 16.8. The van der Waals surface area contributed by atoms with Crippen LogP contribution in [0.4, 0.5) is 24.5 Å². The van der Waals surface area contributed by atoms with Crippen LogP contribution in [0.15, 0.2) is 72.8 Å². The van der Waals surface area contributed by atoms with Gasteiger partial charge in [0.2, 0.25) is 5.91 Å². The summed E-state index contributed by atoms with van der Waals surface area (Å²) in [7, 11) is 0. The van der Waals surface area contributed by atoms with Gasteiger partial charge in [0.15, 0.2) is 6.61 Å². The highest BCUT2D eigenvalue weighted by Gasteiger charge is 2.30. The highest BCUT2D eigenvalue weighted by molar-refractivity contribution is 6.40. The van der Waals surface area contributed by atoms with Gasteiger partial charge in [-0.05, 0) is 68.8 Å². The second kappa shape index (κ2) is 14.1. The minimum atomic E-state index is -4.65. The number of esters is 1. The third kappa shape index (κ3) is 11.0. The summed E-state index contributed by atoms with van der Waals surface area (Å²) >= 11 is 5.91. The number of rotatable bonds is 9. The molecule has 0 bridgehead atoms. The van der Waals surface area contributed by atoms with E-state index in [-0.39, 0.29) is 28.4 Å². The van der Waals surface area contributed by atoms with Gasteiger partial charge in [0.25, 0.3) is 0 Å². The number of halogens is 4. The second-order valence-electron chi connectivity index (χ2n) is 10.3. The van der Waals surface area contributed by atoms with E-state index in [0.29, 0.717) is 11.3 Å². The number of carbonyl (C=O) groups excluding carboxylic acids is 4. The molecule has 0 unspecified atom stereocenters. The summed E-state index contributed by atoms with van der Waals surface area (Å²) < 4.78 is 48.0. The van der Waals surface area contributed by atoms with Crippen LogP contribution in [0.5, 0.6) is 5.75 Å². The van der Waals surface area contributed by atoms with Crippen LogP contribution in [-0.2, 0) is 25.5 Å². The summed E-state index contributed by atoms with van der Waals surface area (Å²) in [6.45, 7) is 3.56. The van der Waals surface area contributed by atoms with Gasteiger partial charge in [-0.3, -0.25) is 14.4 Å². The Hall–Kier alpha value is -4.58. The Morgan fingerprint density at radius 3 is 2.12 bits per heavy atom. The number of amides is 3. The van der Waals surface area contributed by atoms with Gasteiger partial charge in [0.1, 0.15) is 17.4 Å². The Bertz CT molecular complexity index is 1460. The SMILES string of the molecule is CC(C)(C)OC(=O)c1ccc(NC(=O)[C@H](Cc2ccccc2)NC(=O)C(=O)Nc2cc(Cl)ccc2OCC(F)(F)F)cc1. The molecule has 0 aromatic heterocycles. The fourth-order valence-corrected chi connectivity index (χ4v) is 3.78. The van der Waals surface area contributed by atoms with Crippen molar-refractivity contribution in [1.82, 2.24) is 5.32 Å². The molecular formula is C30H29ClF3N3O6. The Balaban J connectivity index is 1.74. The summed E-state index contributed by atoms with van der Waals surface area (Å²) in [5, 5.41) is 7.24. The van der Waals surface area contributed by atoms with Crippen LogP contribution < -0.4 is 20.7 Å². The molecule has 0 radical (unpaired) electrons. The van der Waals surface area contributed by atoms with Crippen molar-refractivity contribution >= 4 is 46.7 Å². The number of nitrogens with one attached hydrogen (secondary N) is 3. The average Bonchev–Trinajstić information content (AvgIpc) is 2.91. The molecule has 0 fully saturated rings. The number of carbonyl (C=O) groups is 4. The van der Waals surface area contributed by atoms with Crippen molar-refractivity contribution in [3.05, 3.63) is 88.9 Å². The van der Waals surface area contributed by atoms with Crippen LogP contribution in [-0.4, -0.2) is 48.1 Å². The molecule has 0 aliphatic rings. The molecular weight excluding hydrogens is 591 g/mol. The molecule has 3 N–H and O–H groups in total. The largest absolute Gasteiger partial charge is 0.482 e. The maximum absolute atomic E-state index is 13.2. The molecule has 1 atom stereocenters. The van der Waals surface area contributed by atoms with E-state index in [4.69, 9.17) is 21.1 Å². The molecule has 43 heavy (non-hydrogen) atoms. The van der Waals surface area contributed by atoms with Crippen molar-refractivity contribution in [1.29, 1.82) is 0 Å². The second-order valence-corrected chi connectivity index (χ2v) is 10.7. The number of hydrogen-bond acceptors (Lipinski definition) is 6. The van der Waals surface area contributed by atoms with Crippen LogP contribution in [0.25, 0.3) is 0 Å². The van der Waals surface area contributed by atoms with Crippen molar-refractivity contribution in [3.63, 3.8) is 0 Å². The zero-order chi connectivity index (χ0) is 31.8. The van der Waals surface area contributed by atoms with Gasteiger partial charge >= 0.3 is 24.0 Å². The van der Waals surface area contributed by atoms with Gasteiger partial charge in [0.05, 0.1) is 11.3 Å². The lowest BCUT2D eigenvalue weighted by molar-refractivity contribution is -0.153. The minimum absolute atomic E-state index is 0.00120. The third-order valence-electron chi connectivity index (χ3n) is 5.48. The van der Waals surface area contributed by atoms with Crippen LogP contribution in [0.1, 0.15) is 36.7 Å². The molecule has 0 aliphatic carbocycles. The lowest BCUT2D eigenvalue weighted by Crippen LogP contribution is -2.48. The van der Waals surface area contributed by atoms with Crippen molar-refractivity contribution in [3.8, 4) is 5.75 Å². The summed E-state index contributed by atoms with van der Waals surface area (Å²) in [6.07, 6.45) is -4.65. The molecule has 3 rings (SSSR count). The normalized spacial score (nSPS) is 12.1. The van der Waals surface area contributed by atoms with E-state index < -0.39 is 48.1 Å². The average molecular weight is 620 g/mol. The first-order valence-corrected chi connectivity index (χ1v) is 13.3. The first-order chi connectivity index (χ1) is 20.1. The maximum Gasteiger partial charge on any atom is 0.422 e. The van der Waals surface area contributed by atoms with Crippen LogP contribution in [0.2, 0.25) is 5.02 Å². The fourth-order valence-electron chi connectivity index (χ4n) is 3.60. The third-order valence-corrected chi connectivity index (χ3v) is 5.71. The Kier molecular flexibility index (Phi) is 10.8. The van der Waals surface area contributed by atoms with Gasteiger partial charge in [-0.2, -0.15) is 13.2 Å². The molecule has 13 heteroatoms. The summed E-state index contributed by atoms with van der Waals surface area (Å²) in [4.78, 5) is 51.1. The summed E-state index contributed by atoms with van der Waals surface area (Å²) in [5.41, 5.74) is 0.272. The van der Waals surface area contributed by atoms with Crippen molar-refractivity contribution in [2.45, 2.75) is 45.0 Å². The molecule has 3 aromatic rings. The lowest BCUT2D eigenvalue weighted by Gasteiger charge is -2.20. The van der Waals surface area contributed by atoms with E-state index in [0.717, 1.165) is 12.1 Å². The van der Waals surface area contributed by atoms with Gasteiger partial charge in [-0.15, -0.1) is 0 Å². The zero-order valence-corrected chi connectivity index (χ0v) is 24.1. The van der Waals surface area contributed by atoms with Crippen LogP contribution in [0, 0.1) is 0 Å². The summed E-state index contributed by atoms with van der Waals surface area (Å²) in [5.74, 6) is -4.09. The highest BCUT2D eigenvalue weighted by Crippen LogP contribution is 2.29. The Morgan fingerprint density at radius 2 is 1.51 bits per heavy atom. The molecule has 9 nitrogen and oxygen atoms in total. The predicted molar refractivity (Wildman–Crippen MR) is 154 cm³/mol. The number of ether oxygens (including phenoxy) is 2.